The van der Waals surface area contributed by atoms with Crippen molar-refractivity contribution >= 4 is 0 Å². The van der Waals surface area contributed by atoms with E-state index in [1.165, 1.54) is 11.6 Å². The van der Waals surface area contributed by atoms with Crippen molar-refractivity contribution in [3.05, 3.63) is 52.6 Å². The Labute approximate surface area is 119 Å². The lowest BCUT2D eigenvalue weighted by atomic mass is 10.1. The fourth-order valence-electron chi connectivity index (χ4n) is 2.71. The lowest BCUT2D eigenvalue weighted by Gasteiger charge is -2.13. The van der Waals surface area contributed by atoms with Crippen molar-refractivity contribution < 1.29 is 4.39 Å². The Morgan fingerprint density at radius 3 is 2.75 bits per heavy atom. The van der Waals surface area contributed by atoms with E-state index in [4.69, 9.17) is 0 Å². The maximum Gasteiger partial charge on any atom is 0.123 e. The summed E-state index contributed by atoms with van der Waals surface area (Å²) in [5.74, 6) is -0.203. The van der Waals surface area contributed by atoms with Crippen LogP contribution in [0.25, 0.3) is 0 Å². The van der Waals surface area contributed by atoms with Gasteiger partial charge in [0.2, 0.25) is 0 Å². The third-order valence-corrected chi connectivity index (χ3v) is 3.60. The predicted octanol–water partition coefficient (Wildman–Crippen LogP) is 3.36. The Hall–Kier alpha value is -1.68. The summed E-state index contributed by atoms with van der Waals surface area (Å²) >= 11 is 0. The first-order chi connectivity index (χ1) is 9.52. The van der Waals surface area contributed by atoms with Crippen LogP contribution in [-0.4, -0.2) is 16.3 Å². The van der Waals surface area contributed by atoms with Gasteiger partial charge in [-0.1, -0.05) is 19.1 Å². The summed E-state index contributed by atoms with van der Waals surface area (Å²) in [5, 5.41) is 8.01. The molecule has 0 fully saturated rings. The number of nitrogens with one attached hydrogen (secondary N) is 1. The number of aromatic nitrogens is 2. The Kier molecular flexibility index (Phi) is 4.55. The van der Waals surface area contributed by atoms with E-state index in [0.29, 0.717) is 6.54 Å². The minimum absolute atomic E-state index is 0.203. The van der Waals surface area contributed by atoms with Gasteiger partial charge in [0.05, 0.1) is 12.2 Å². The third-order valence-electron chi connectivity index (χ3n) is 3.60. The molecule has 0 saturated heterocycles. The minimum atomic E-state index is -0.203. The van der Waals surface area contributed by atoms with Crippen molar-refractivity contribution in [3.63, 3.8) is 0 Å². The largest absolute Gasteiger partial charge is 0.310 e. The highest BCUT2D eigenvalue weighted by Gasteiger charge is 2.16. The van der Waals surface area contributed by atoms with Gasteiger partial charge in [-0.05, 0) is 45.0 Å². The van der Waals surface area contributed by atoms with E-state index in [1.807, 2.05) is 17.7 Å². The first-order valence-corrected chi connectivity index (χ1v) is 7.04. The molecule has 1 N–H and O–H groups in total. The van der Waals surface area contributed by atoms with E-state index >= 15 is 0 Å². The summed E-state index contributed by atoms with van der Waals surface area (Å²) in [4.78, 5) is 0. The Balaban J connectivity index is 2.28. The van der Waals surface area contributed by atoms with Gasteiger partial charge in [0.1, 0.15) is 5.82 Å². The molecule has 20 heavy (non-hydrogen) atoms. The lowest BCUT2D eigenvalue weighted by molar-refractivity contribution is 0.588. The number of hydrogen-bond acceptors (Lipinski definition) is 2. The van der Waals surface area contributed by atoms with Gasteiger partial charge in [-0.15, -0.1) is 0 Å². The maximum absolute atomic E-state index is 13.2. The van der Waals surface area contributed by atoms with Crippen LogP contribution < -0.4 is 5.32 Å². The molecule has 0 amide bonds. The number of nitrogens with zero attached hydrogens (tertiary/aromatic N) is 2. The van der Waals surface area contributed by atoms with Crippen LogP contribution in [0.1, 0.15) is 42.4 Å². The summed E-state index contributed by atoms with van der Waals surface area (Å²) < 4.78 is 15.2. The normalized spacial score (nSPS) is 12.7. The molecule has 1 heterocycles. The summed E-state index contributed by atoms with van der Waals surface area (Å²) in [6.45, 7) is 9.87. The van der Waals surface area contributed by atoms with Crippen molar-refractivity contribution in [2.24, 2.45) is 0 Å². The summed E-state index contributed by atoms with van der Waals surface area (Å²) in [5.41, 5.74) is 4.34. The van der Waals surface area contributed by atoms with E-state index in [9.17, 15) is 4.39 Å². The van der Waals surface area contributed by atoms with E-state index in [-0.39, 0.29) is 11.9 Å². The second kappa shape index (κ2) is 6.18. The highest BCUT2D eigenvalue weighted by Crippen LogP contribution is 2.22. The molecule has 4 heteroatoms. The number of rotatable bonds is 5. The molecular formula is C16H22FN3. The quantitative estimate of drug-likeness (QED) is 0.907. The molecule has 0 bridgehead atoms. The minimum Gasteiger partial charge on any atom is -0.310 e. The topological polar surface area (TPSA) is 29.9 Å². The zero-order valence-corrected chi connectivity index (χ0v) is 12.6. The fraction of sp³-hybridized carbons (Fsp3) is 0.438. The van der Waals surface area contributed by atoms with Crippen LogP contribution >= 0.6 is 0 Å². The summed E-state index contributed by atoms with van der Waals surface area (Å²) in [7, 11) is 0. The third kappa shape index (κ3) is 3.07. The zero-order valence-electron chi connectivity index (χ0n) is 12.6. The van der Waals surface area contributed by atoms with Crippen LogP contribution in [0.5, 0.6) is 0 Å². The van der Waals surface area contributed by atoms with E-state index in [1.54, 1.807) is 12.1 Å². The van der Waals surface area contributed by atoms with Crippen molar-refractivity contribution in [2.45, 2.75) is 40.3 Å². The summed E-state index contributed by atoms with van der Waals surface area (Å²) in [6.07, 6.45) is 0. The van der Waals surface area contributed by atoms with Gasteiger partial charge in [-0.25, -0.2) is 4.39 Å². The molecule has 0 spiro atoms. The van der Waals surface area contributed by atoms with E-state index < -0.39 is 0 Å². The smallest absolute Gasteiger partial charge is 0.123 e. The second-order valence-corrected chi connectivity index (χ2v) is 5.15. The van der Waals surface area contributed by atoms with Crippen LogP contribution in [0.3, 0.4) is 0 Å². The van der Waals surface area contributed by atoms with Crippen molar-refractivity contribution in [2.75, 3.05) is 6.54 Å². The molecule has 0 radical (unpaired) electrons. The number of halogens is 1. The molecule has 2 rings (SSSR count). The van der Waals surface area contributed by atoms with Crippen LogP contribution in [0.15, 0.2) is 24.3 Å². The summed E-state index contributed by atoms with van der Waals surface area (Å²) in [6, 6.07) is 6.96. The van der Waals surface area contributed by atoms with Crippen molar-refractivity contribution in [3.8, 4) is 0 Å². The van der Waals surface area contributed by atoms with Crippen LogP contribution in [0.4, 0.5) is 4.39 Å². The molecule has 1 unspecified atom stereocenters. The fourth-order valence-corrected chi connectivity index (χ4v) is 2.71. The zero-order chi connectivity index (χ0) is 14.7. The van der Waals surface area contributed by atoms with Crippen LogP contribution in [-0.2, 0) is 6.54 Å². The second-order valence-electron chi connectivity index (χ2n) is 5.15. The Morgan fingerprint density at radius 1 is 1.35 bits per heavy atom. The molecule has 1 atom stereocenters. The van der Waals surface area contributed by atoms with Gasteiger partial charge in [-0.2, -0.15) is 5.10 Å². The molecule has 0 saturated carbocycles. The van der Waals surface area contributed by atoms with Gasteiger partial charge < -0.3 is 5.32 Å². The Morgan fingerprint density at radius 2 is 2.10 bits per heavy atom. The number of aryl methyl sites for hydroxylation is 1. The monoisotopic (exact) mass is 275 g/mol. The Bertz CT molecular complexity index is 589. The molecule has 2 aromatic rings. The lowest BCUT2D eigenvalue weighted by Crippen LogP contribution is -2.19. The number of benzene rings is 1. The van der Waals surface area contributed by atoms with Crippen molar-refractivity contribution in [1.82, 2.24) is 15.1 Å². The van der Waals surface area contributed by atoms with Gasteiger partial charge in [0.25, 0.3) is 0 Å². The van der Waals surface area contributed by atoms with Gasteiger partial charge >= 0.3 is 0 Å². The van der Waals surface area contributed by atoms with Gasteiger partial charge in [-0.3, -0.25) is 4.68 Å². The average Bonchev–Trinajstić information content (AvgIpc) is 2.65. The van der Waals surface area contributed by atoms with E-state index in [2.05, 4.69) is 31.2 Å². The highest BCUT2D eigenvalue weighted by molar-refractivity contribution is 5.29. The molecule has 0 aliphatic carbocycles. The standard InChI is InChI=1S/C16H22FN3/c1-5-18-11(2)16-12(3)19-20(13(16)4)10-14-7-6-8-15(17)9-14/h6-9,11,18H,5,10H2,1-4H3. The molecule has 0 aliphatic rings. The van der Waals surface area contributed by atoms with Gasteiger partial charge in [0.15, 0.2) is 0 Å². The molecule has 108 valence electrons. The first kappa shape index (κ1) is 14.7. The highest BCUT2D eigenvalue weighted by atomic mass is 19.1. The van der Waals surface area contributed by atoms with Crippen LogP contribution in [0.2, 0.25) is 0 Å². The molecular weight excluding hydrogens is 253 g/mol. The van der Waals surface area contributed by atoms with E-state index in [0.717, 1.165) is 23.5 Å². The van der Waals surface area contributed by atoms with Crippen LogP contribution in [0, 0.1) is 19.7 Å². The molecule has 3 nitrogen and oxygen atoms in total. The van der Waals surface area contributed by atoms with Crippen molar-refractivity contribution in [1.29, 1.82) is 0 Å². The predicted molar refractivity (Wildman–Crippen MR) is 79.3 cm³/mol. The average molecular weight is 275 g/mol. The molecule has 1 aromatic heterocycles. The first-order valence-electron chi connectivity index (χ1n) is 7.04. The van der Waals surface area contributed by atoms with Gasteiger partial charge in [0, 0.05) is 17.3 Å². The SMILES string of the molecule is CCNC(C)c1c(C)nn(Cc2cccc(F)c2)c1C. The number of hydrogen-bond donors (Lipinski definition) is 1. The molecule has 0 aliphatic heterocycles. The maximum atomic E-state index is 13.2. The molecule has 1 aromatic carbocycles.